The third-order valence-corrected chi connectivity index (χ3v) is 5.45. The van der Waals surface area contributed by atoms with E-state index >= 15 is 0 Å². The van der Waals surface area contributed by atoms with Gasteiger partial charge in [0.25, 0.3) is 0 Å². The highest BCUT2D eigenvalue weighted by Crippen LogP contribution is 2.37. The van der Waals surface area contributed by atoms with Crippen LogP contribution < -0.4 is 0 Å². The second-order valence-corrected chi connectivity index (χ2v) is 8.85. The summed E-state index contributed by atoms with van der Waals surface area (Å²) in [6.45, 7) is 11.5. The van der Waals surface area contributed by atoms with Crippen LogP contribution in [0.2, 0.25) is 0 Å². The number of amides is 1. The van der Waals surface area contributed by atoms with Crippen molar-refractivity contribution in [2.24, 2.45) is 17.8 Å². The van der Waals surface area contributed by atoms with Gasteiger partial charge in [-0.3, -0.25) is 9.69 Å². The van der Waals surface area contributed by atoms with Gasteiger partial charge in [0.15, 0.2) is 0 Å². The van der Waals surface area contributed by atoms with E-state index in [1.807, 2.05) is 45.9 Å². The largest absolute Gasteiger partial charge is 0.466 e. The summed E-state index contributed by atoms with van der Waals surface area (Å²) in [6.07, 6.45) is -0.268. The van der Waals surface area contributed by atoms with Crippen molar-refractivity contribution >= 4 is 12.1 Å². The summed E-state index contributed by atoms with van der Waals surface area (Å²) >= 11 is 0. The van der Waals surface area contributed by atoms with Crippen molar-refractivity contribution in [3.05, 3.63) is 35.9 Å². The second kappa shape index (κ2) is 8.52. The van der Waals surface area contributed by atoms with E-state index in [0.717, 1.165) is 13.1 Å². The molecule has 28 heavy (non-hydrogen) atoms. The van der Waals surface area contributed by atoms with E-state index in [0.29, 0.717) is 32.2 Å². The fourth-order valence-corrected chi connectivity index (χ4v) is 4.12. The molecule has 2 atom stereocenters. The van der Waals surface area contributed by atoms with Crippen molar-refractivity contribution in [1.29, 1.82) is 0 Å². The lowest BCUT2D eigenvalue weighted by molar-refractivity contribution is -0.150. The molecule has 0 spiro atoms. The van der Waals surface area contributed by atoms with Crippen molar-refractivity contribution in [2.75, 3.05) is 32.8 Å². The number of hydrogen-bond donors (Lipinski definition) is 0. The maximum absolute atomic E-state index is 12.5. The van der Waals surface area contributed by atoms with Crippen molar-refractivity contribution in [3.63, 3.8) is 0 Å². The van der Waals surface area contributed by atoms with Gasteiger partial charge in [-0.1, -0.05) is 30.3 Å². The lowest BCUT2D eigenvalue weighted by Crippen LogP contribution is -2.55. The molecule has 2 saturated heterocycles. The van der Waals surface area contributed by atoms with Gasteiger partial charge in [-0.2, -0.15) is 0 Å². The van der Waals surface area contributed by atoms with E-state index in [1.165, 1.54) is 5.56 Å². The summed E-state index contributed by atoms with van der Waals surface area (Å²) in [7, 11) is 0. The molecule has 2 aliphatic rings. The first-order valence-corrected chi connectivity index (χ1v) is 10.2. The Morgan fingerprint density at radius 2 is 1.75 bits per heavy atom. The summed E-state index contributed by atoms with van der Waals surface area (Å²) in [6, 6.07) is 10.3. The molecule has 0 aliphatic carbocycles. The molecule has 0 radical (unpaired) electrons. The standard InChI is InChI=1S/C22H32N2O4/c1-5-27-20(25)19-15-23(11-16-9-7-6-8-10-16)14-18(19)17-12-24(13-17)21(26)28-22(2,3)4/h6-10,17-19H,5,11-15H2,1-4H3/t18-,19-/m0/s1. The quantitative estimate of drug-likeness (QED) is 0.725. The van der Waals surface area contributed by atoms with Crippen molar-refractivity contribution in [2.45, 2.75) is 39.8 Å². The van der Waals surface area contributed by atoms with E-state index < -0.39 is 5.60 Å². The van der Waals surface area contributed by atoms with Gasteiger partial charge in [-0.25, -0.2) is 4.79 Å². The average molecular weight is 389 g/mol. The Morgan fingerprint density at radius 3 is 2.36 bits per heavy atom. The predicted octanol–water partition coefficient (Wildman–Crippen LogP) is 3.16. The zero-order valence-corrected chi connectivity index (χ0v) is 17.4. The van der Waals surface area contributed by atoms with Crippen molar-refractivity contribution in [1.82, 2.24) is 9.80 Å². The molecule has 0 N–H and O–H groups in total. The number of carbonyl (C=O) groups is 2. The number of carbonyl (C=O) groups excluding carboxylic acids is 2. The molecule has 1 amide bonds. The Balaban J connectivity index is 1.61. The second-order valence-electron chi connectivity index (χ2n) is 8.85. The number of benzene rings is 1. The molecule has 154 valence electrons. The van der Waals surface area contributed by atoms with Gasteiger partial charge >= 0.3 is 12.1 Å². The molecule has 2 fully saturated rings. The average Bonchev–Trinajstić information content (AvgIpc) is 2.96. The van der Waals surface area contributed by atoms with Crippen LogP contribution in [0.4, 0.5) is 4.79 Å². The van der Waals surface area contributed by atoms with Gasteiger partial charge in [0.2, 0.25) is 0 Å². The van der Waals surface area contributed by atoms with Crippen LogP contribution in [0.1, 0.15) is 33.3 Å². The summed E-state index contributed by atoms with van der Waals surface area (Å²) in [5, 5.41) is 0. The van der Waals surface area contributed by atoms with Gasteiger partial charge in [0, 0.05) is 32.7 Å². The lowest BCUT2D eigenvalue weighted by Gasteiger charge is -2.43. The van der Waals surface area contributed by atoms with Crippen LogP contribution in [0, 0.1) is 17.8 Å². The number of hydrogen-bond acceptors (Lipinski definition) is 5. The summed E-state index contributed by atoms with van der Waals surface area (Å²) in [5.41, 5.74) is 0.755. The SMILES string of the molecule is CCOC(=O)[C@H]1CN(Cc2ccccc2)C[C@H]1C1CN(C(=O)OC(C)(C)C)C1. The van der Waals surface area contributed by atoms with Gasteiger partial charge in [0.1, 0.15) is 5.60 Å². The van der Waals surface area contributed by atoms with Crippen molar-refractivity contribution in [3.8, 4) is 0 Å². The third-order valence-electron chi connectivity index (χ3n) is 5.45. The number of nitrogens with zero attached hydrogens (tertiary/aromatic N) is 2. The molecule has 2 aliphatic heterocycles. The minimum atomic E-state index is -0.491. The smallest absolute Gasteiger partial charge is 0.410 e. The normalized spacial score (nSPS) is 23.4. The highest BCUT2D eigenvalue weighted by molar-refractivity contribution is 5.74. The third kappa shape index (κ3) is 5.04. The fraction of sp³-hybridized carbons (Fsp3) is 0.636. The highest BCUT2D eigenvalue weighted by Gasteiger charge is 2.47. The molecule has 6 nitrogen and oxygen atoms in total. The monoisotopic (exact) mass is 388 g/mol. The van der Waals surface area contributed by atoms with E-state index in [2.05, 4.69) is 17.0 Å². The predicted molar refractivity (Wildman–Crippen MR) is 107 cm³/mol. The van der Waals surface area contributed by atoms with E-state index in [-0.39, 0.29) is 23.9 Å². The van der Waals surface area contributed by atoms with Crippen LogP contribution in [0.25, 0.3) is 0 Å². The van der Waals surface area contributed by atoms with Gasteiger partial charge in [-0.05, 0) is 45.1 Å². The highest BCUT2D eigenvalue weighted by atomic mass is 16.6. The van der Waals surface area contributed by atoms with Gasteiger partial charge in [-0.15, -0.1) is 0 Å². The molecule has 3 rings (SSSR count). The van der Waals surface area contributed by atoms with E-state index in [1.54, 1.807) is 4.90 Å². The van der Waals surface area contributed by atoms with Gasteiger partial charge in [0.05, 0.1) is 12.5 Å². The van der Waals surface area contributed by atoms with Crippen LogP contribution in [-0.2, 0) is 20.8 Å². The molecule has 6 heteroatoms. The maximum atomic E-state index is 12.5. The summed E-state index contributed by atoms with van der Waals surface area (Å²) < 4.78 is 10.8. The van der Waals surface area contributed by atoms with Crippen molar-refractivity contribution < 1.29 is 19.1 Å². The number of ether oxygens (including phenoxy) is 2. The maximum Gasteiger partial charge on any atom is 0.410 e. The molecular weight excluding hydrogens is 356 g/mol. The van der Waals surface area contributed by atoms with Crippen LogP contribution in [0.15, 0.2) is 30.3 Å². The molecule has 0 unspecified atom stereocenters. The Morgan fingerprint density at radius 1 is 1.07 bits per heavy atom. The molecular formula is C22H32N2O4. The Kier molecular flexibility index (Phi) is 6.28. The number of esters is 1. The molecule has 1 aromatic carbocycles. The Bertz CT molecular complexity index is 680. The minimum Gasteiger partial charge on any atom is -0.466 e. The first-order chi connectivity index (χ1) is 13.3. The molecule has 0 saturated carbocycles. The zero-order chi connectivity index (χ0) is 20.3. The lowest BCUT2D eigenvalue weighted by atomic mass is 9.79. The Hall–Kier alpha value is -2.08. The zero-order valence-electron chi connectivity index (χ0n) is 17.4. The molecule has 1 aromatic rings. The Labute approximate surface area is 167 Å². The van der Waals surface area contributed by atoms with Crippen LogP contribution in [0.3, 0.4) is 0 Å². The fourth-order valence-electron chi connectivity index (χ4n) is 4.12. The number of likely N-dealkylation sites (tertiary alicyclic amines) is 2. The van der Waals surface area contributed by atoms with E-state index in [9.17, 15) is 9.59 Å². The van der Waals surface area contributed by atoms with Crippen LogP contribution in [-0.4, -0.2) is 60.2 Å². The van der Waals surface area contributed by atoms with Crippen LogP contribution >= 0.6 is 0 Å². The minimum absolute atomic E-state index is 0.112. The molecule has 0 aromatic heterocycles. The summed E-state index contributed by atoms with van der Waals surface area (Å²) in [4.78, 5) is 28.8. The first-order valence-electron chi connectivity index (χ1n) is 10.2. The van der Waals surface area contributed by atoms with Crippen LogP contribution in [0.5, 0.6) is 0 Å². The first kappa shape index (κ1) is 20.6. The molecule has 0 bridgehead atoms. The van der Waals surface area contributed by atoms with Gasteiger partial charge < -0.3 is 14.4 Å². The summed E-state index contributed by atoms with van der Waals surface area (Å²) in [5.74, 6) is 0.275. The topological polar surface area (TPSA) is 59.1 Å². The van der Waals surface area contributed by atoms with E-state index in [4.69, 9.17) is 9.47 Å². The number of rotatable bonds is 5. The molecule has 2 heterocycles.